The Labute approximate surface area is 199 Å². The number of nitrogens with zero attached hydrogens (tertiary/aromatic N) is 4. The van der Waals surface area contributed by atoms with Crippen molar-refractivity contribution in [1.29, 1.82) is 0 Å². The number of amides is 2. The van der Waals surface area contributed by atoms with Crippen molar-refractivity contribution >= 4 is 29.1 Å². The Balaban J connectivity index is 1.37. The standard InChI is InChI=1S/C23H26ClF3N4O3/c1-34-16-6-4-15(5-7-16)30-9-8-29(12-18(30)32)22(33)19-20(24)31-11-14(13-2-3-13)10-17(21(31)28-19)23(25,26)27/h10-11,13,15-16H,2-9,12H2,1H3/t15-,16-. The first kappa shape index (κ1) is 23.4. The van der Waals surface area contributed by atoms with Gasteiger partial charge in [-0.2, -0.15) is 13.2 Å². The maximum absolute atomic E-state index is 13.7. The molecule has 3 fully saturated rings. The number of hydrogen-bond acceptors (Lipinski definition) is 4. The first-order valence-electron chi connectivity index (χ1n) is 11.6. The molecule has 0 unspecified atom stereocenters. The van der Waals surface area contributed by atoms with E-state index in [-0.39, 0.29) is 47.9 Å². The molecule has 184 valence electrons. The molecule has 11 heteroatoms. The Kier molecular flexibility index (Phi) is 6.00. The van der Waals surface area contributed by atoms with E-state index in [9.17, 15) is 22.8 Å². The van der Waals surface area contributed by atoms with Gasteiger partial charge in [0.05, 0.1) is 11.7 Å². The van der Waals surface area contributed by atoms with E-state index >= 15 is 0 Å². The van der Waals surface area contributed by atoms with E-state index in [1.807, 2.05) is 4.90 Å². The van der Waals surface area contributed by atoms with Crippen LogP contribution in [0, 0.1) is 0 Å². The predicted molar refractivity (Wildman–Crippen MR) is 118 cm³/mol. The van der Waals surface area contributed by atoms with Crippen LogP contribution in [0.4, 0.5) is 13.2 Å². The summed E-state index contributed by atoms with van der Waals surface area (Å²) in [6.45, 7) is 0.503. The molecule has 2 aromatic rings. The molecule has 3 aliphatic rings. The summed E-state index contributed by atoms with van der Waals surface area (Å²) in [5.74, 6) is -0.744. The van der Waals surface area contributed by atoms with Crippen LogP contribution in [0.1, 0.15) is 66.1 Å². The second-order valence-electron chi connectivity index (χ2n) is 9.38. The summed E-state index contributed by atoms with van der Waals surface area (Å²) < 4.78 is 47.8. The first-order chi connectivity index (χ1) is 16.2. The van der Waals surface area contributed by atoms with Gasteiger partial charge in [0.15, 0.2) is 11.3 Å². The van der Waals surface area contributed by atoms with Crippen molar-refractivity contribution < 1.29 is 27.5 Å². The second-order valence-corrected chi connectivity index (χ2v) is 9.74. The van der Waals surface area contributed by atoms with Crippen LogP contribution in [0.2, 0.25) is 5.15 Å². The molecule has 1 saturated heterocycles. The summed E-state index contributed by atoms with van der Waals surface area (Å²) in [5.41, 5.74) is -1.04. The van der Waals surface area contributed by atoms with Gasteiger partial charge in [0, 0.05) is 32.4 Å². The summed E-state index contributed by atoms with van der Waals surface area (Å²) in [5, 5.41) is -0.166. The van der Waals surface area contributed by atoms with Gasteiger partial charge in [0.2, 0.25) is 5.91 Å². The maximum Gasteiger partial charge on any atom is 0.419 e. The average molecular weight is 499 g/mol. The predicted octanol–water partition coefficient (Wildman–Crippen LogP) is 4.13. The fraction of sp³-hybridized carbons (Fsp3) is 0.609. The number of fused-ring (bicyclic) bond motifs is 1. The lowest BCUT2D eigenvalue weighted by Crippen LogP contribution is -2.56. The van der Waals surface area contributed by atoms with E-state index in [1.165, 1.54) is 11.1 Å². The Morgan fingerprint density at radius 1 is 1.15 bits per heavy atom. The highest BCUT2D eigenvalue weighted by molar-refractivity contribution is 6.33. The van der Waals surface area contributed by atoms with Gasteiger partial charge in [-0.1, -0.05) is 11.6 Å². The summed E-state index contributed by atoms with van der Waals surface area (Å²) >= 11 is 6.38. The number of imidazole rings is 1. The zero-order chi connectivity index (χ0) is 24.2. The van der Waals surface area contributed by atoms with Crippen LogP contribution < -0.4 is 0 Å². The Bertz CT molecular complexity index is 1120. The van der Waals surface area contributed by atoms with Crippen LogP contribution >= 0.6 is 11.6 Å². The molecule has 0 radical (unpaired) electrons. The van der Waals surface area contributed by atoms with Crippen molar-refractivity contribution in [3.8, 4) is 0 Å². The highest BCUT2D eigenvalue weighted by Crippen LogP contribution is 2.43. The van der Waals surface area contributed by atoms with Crippen LogP contribution in [0.5, 0.6) is 0 Å². The molecule has 0 spiro atoms. The highest BCUT2D eigenvalue weighted by Gasteiger charge is 2.39. The van der Waals surface area contributed by atoms with Gasteiger partial charge in [0.1, 0.15) is 11.7 Å². The molecule has 2 aliphatic carbocycles. The molecule has 2 saturated carbocycles. The van der Waals surface area contributed by atoms with E-state index in [4.69, 9.17) is 16.3 Å². The lowest BCUT2D eigenvalue weighted by atomic mass is 9.91. The monoisotopic (exact) mass is 498 g/mol. The quantitative estimate of drug-likeness (QED) is 0.636. The van der Waals surface area contributed by atoms with Gasteiger partial charge in [-0.15, -0.1) is 0 Å². The van der Waals surface area contributed by atoms with Crippen molar-refractivity contribution in [2.45, 2.75) is 62.8 Å². The third-order valence-electron chi connectivity index (χ3n) is 7.20. The molecule has 0 bridgehead atoms. The zero-order valence-corrected chi connectivity index (χ0v) is 19.5. The van der Waals surface area contributed by atoms with Crippen molar-refractivity contribution in [1.82, 2.24) is 19.2 Å². The fourth-order valence-electron chi connectivity index (χ4n) is 5.11. The molecule has 0 aromatic carbocycles. The Hall–Kier alpha value is -2.33. The topological polar surface area (TPSA) is 67.2 Å². The third kappa shape index (κ3) is 4.26. The number of carbonyl (C=O) groups is 2. The van der Waals surface area contributed by atoms with Crippen molar-refractivity contribution in [2.24, 2.45) is 0 Å². The average Bonchev–Trinajstić information content (AvgIpc) is 3.61. The van der Waals surface area contributed by atoms with Crippen molar-refractivity contribution in [3.63, 3.8) is 0 Å². The summed E-state index contributed by atoms with van der Waals surface area (Å²) in [6.07, 6.45) is 2.22. The van der Waals surface area contributed by atoms with E-state index in [0.29, 0.717) is 12.1 Å². The normalized spacial score (nSPS) is 24.2. The molecule has 34 heavy (non-hydrogen) atoms. The number of halogens is 4. The minimum absolute atomic E-state index is 0.0628. The number of rotatable bonds is 4. The molecule has 3 heterocycles. The van der Waals surface area contributed by atoms with Crippen LogP contribution in [-0.4, -0.2) is 69.9 Å². The SMILES string of the molecule is CO[C@H]1CC[C@H](N2CCN(C(=O)c3nc4c(C(F)(F)F)cc(C5CC5)cn4c3Cl)CC2=O)CC1. The number of aromatic nitrogens is 2. The second kappa shape index (κ2) is 8.71. The molecule has 0 N–H and O–H groups in total. The number of hydrogen-bond donors (Lipinski definition) is 0. The van der Waals surface area contributed by atoms with E-state index in [2.05, 4.69) is 4.98 Å². The lowest BCUT2D eigenvalue weighted by Gasteiger charge is -2.41. The van der Waals surface area contributed by atoms with Crippen LogP contribution in [0.25, 0.3) is 5.65 Å². The molecule has 0 atom stereocenters. The van der Waals surface area contributed by atoms with Gasteiger partial charge in [-0.3, -0.25) is 14.0 Å². The highest BCUT2D eigenvalue weighted by atomic mass is 35.5. The smallest absolute Gasteiger partial charge is 0.381 e. The Morgan fingerprint density at radius 2 is 1.85 bits per heavy atom. The Morgan fingerprint density at radius 3 is 2.44 bits per heavy atom. The fourth-order valence-corrected chi connectivity index (χ4v) is 5.36. The first-order valence-corrected chi connectivity index (χ1v) is 12.0. The number of alkyl halides is 3. The van der Waals surface area contributed by atoms with Gasteiger partial charge >= 0.3 is 6.18 Å². The molecular formula is C23H26ClF3N4O3. The molecular weight excluding hydrogens is 473 g/mol. The number of carbonyl (C=O) groups excluding carboxylic acids is 2. The largest absolute Gasteiger partial charge is 0.419 e. The summed E-state index contributed by atoms with van der Waals surface area (Å²) in [7, 11) is 1.69. The van der Waals surface area contributed by atoms with Gasteiger partial charge in [-0.25, -0.2) is 4.98 Å². The van der Waals surface area contributed by atoms with Gasteiger partial charge < -0.3 is 14.5 Å². The molecule has 7 nitrogen and oxygen atoms in total. The minimum Gasteiger partial charge on any atom is -0.381 e. The number of piperazine rings is 1. The van der Waals surface area contributed by atoms with Gasteiger partial charge in [0.25, 0.3) is 5.91 Å². The van der Waals surface area contributed by atoms with Crippen LogP contribution in [-0.2, 0) is 15.7 Å². The van der Waals surface area contributed by atoms with Crippen LogP contribution in [0.15, 0.2) is 12.3 Å². The maximum atomic E-state index is 13.7. The number of ether oxygens (including phenoxy) is 1. The molecule has 5 rings (SSSR count). The van der Waals surface area contributed by atoms with Gasteiger partial charge in [-0.05, 0) is 56.1 Å². The lowest BCUT2D eigenvalue weighted by molar-refractivity contribution is -0.139. The summed E-state index contributed by atoms with van der Waals surface area (Å²) in [6, 6.07) is 1.22. The van der Waals surface area contributed by atoms with Crippen molar-refractivity contribution in [2.75, 3.05) is 26.7 Å². The molecule has 2 amide bonds. The minimum atomic E-state index is -4.63. The van der Waals surface area contributed by atoms with E-state index < -0.39 is 23.3 Å². The summed E-state index contributed by atoms with van der Waals surface area (Å²) in [4.78, 5) is 33.2. The third-order valence-corrected chi connectivity index (χ3v) is 7.56. The van der Waals surface area contributed by atoms with Crippen molar-refractivity contribution in [3.05, 3.63) is 34.2 Å². The molecule has 2 aromatic heterocycles. The van der Waals surface area contributed by atoms with E-state index in [0.717, 1.165) is 49.0 Å². The number of methoxy groups -OCH3 is 1. The zero-order valence-electron chi connectivity index (χ0n) is 18.8. The molecule has 1 aliphatic heterocycles. The van der Waals surface area contributed by atoms with Crippen LogP contribution in [0.3, 0.4) is 0 Å². The number of pyridine rings is 1. The van der Waals surface area contributed by atoms with E-state index in [1.54, 1.807) is 7.11 Å².